The molecule has 0 saturated carbocycles. The molecule has 2 aliphatic rings. The van der Waals surface area contributed by atoms with Crippen molar-refractivity contribution in [3.05, 3.63) is 64.7 Å². The maximum atomic E-state index is 13.5. The second kappa shape index (κ2) is 16.4. The van der Waals surface area contributed by atoms with Gasteiger partial charge in [-0.25, -0.2) is 0 Å². The van der Waals surface area contributed by atoms with Gasteiger partial charge in [-0.1, -0.05) is 30.7 Å². The fourth-order valence-corrected chi connectivity index (χ4v) is 5.41. The van der Waals surface area contributed by atoms with Crippen LogP contribution in [0, 0.1) is 5.92 Å². The summed E-state index contributed by atoms with van der Waals surface area (Å²) in [4.78, 5) is 54.9. The number of benzene rings is 1. The van der Waals surface area contributed by atoms with E-state index in [1.54, 1.807) is 45.6 Å². The molecule has 2 aromatic heterocycles. The predicted molar refractivity (Wildman–Crippen MR) is 174 cm³/mol. The first-order valence-electron chi connectivity index (χ1n) is 15.7. The second-order valence-electron chi connectivity index (χ2n) is 12.0. The number of amides is 4. The predicted octanol–water partition coefficient (Wildman–Crippen LogP) is 1.56. The first kappa shape index (κ1) is 35.4. The number of fused-ring (bicyclic) bond motifs is 17. The fourth-order valence-electron chi connectivity index (χ4n) is 5.17. The number of aryl methyl sites for hydroxylation is 2. The minimum Gasteiger partial charge on any atom is -0.492 e. The lowest BCUT2D eigenvalue weighted by Gasteiger charge is -2.26. The molecule has 0 unspecified atom stereocenters. The van der Waals surface area contributed by atoms with Crippen molar-refractivity contribution in [2.24, 2.45) is 13.0 Å². The normalized spacial score (nSPS) is 19.7. The van der Waals surface area contributed by atoms with Crippen molar-refractivity contribution in [1.29, 1.82) is 0 Å². The molecule has 0 saturated heterocycles. The van der Waals surface area contributed by atoms with E-state index in [4.69, 9.17) is 16.3 Å². The zero-order valence-electron chi connectivity index (χ0n) is 27.1. The van der Waals surface area contributed by atoms with Crippen molar-refractivity contribution in [3.63, 3.8) is 0 Å². The van der Waals surface area contributed by atoms with Crippen LogP contribution in [0.4, 0.5) is 0 Å². The first-order valence-corrected chi connectivity index (χ1v) is 16.1. The van der Waals surface area contributed by atoms with Gasteiger partial charge in [-0.05, 0) is 49.6 Å². The Bertz CT molecular complexity index is 1550. The quantitative estimate of drug-likeness (QED) is 0.303. The average Bonchev–Trinajstić information content (AvgIpc) is 3.67. The van der Waals surface area contributed by atoms with Gasteiger partial charge in [0, 0.05) is 64.0 Å². The molecule has 254 valence electrons. The van der Waals surface area contributed by atoms with E-state index in [9.17, 15) is 24.3 Å². The smallest absolute Gasteiger partial charge is 0.270 e. The molecule has 0 aliphatic carbocycles. The van der Waals surface area contributed by atoms with Gasteiger partial charge in [-0.15, -0.1) is 5.10 Å². The summed E-state index contributed by atoms with van der Waals surface area (Å²) in [5, 5.41) is 27.2. The molecule has 15 heteroatoms. The van der Waals surface area contributed by atoms with Crippen LogP contribution >= 0.6 is 11.6 Å². The number of aliphatic hydroxyl groups is 1. The molecular weight excluding hydrogens is 628 g/mol. The highest BCUT2D eigenvalue weighted by atomic mass is 35.5. The van der Waals surface area contributed by atoms with Gasteiger partial charge in [-0.2, -0.15) is 0 Å². The SMILES string of the molecule is CC(C)C[C@H]1NC(=O)[C@H]([C@@H](C)O)NC(=O)c2ccc(c(Cl)c2)OCCCn2cc(nn2)CCN(C(=O)c2cccn2C)CCNC1=O. The van der Waals surface area contributed by atoms with Crippen LogP contribution in [0.5, 0.6) is 5.75 Å². The number of carbonyl (C=O) groups excluding carboxylic acids is 4. The van der Waals surface area contributed by atoms with E-state index in [1.807, 2.05) is 20.0 Å². The molecule has 0 fully saturated rings. The zero-order valence-corrected chi connectivity index (χ0v) is 27.9. The van der Waals surface area contributed by atoms with Crippen molar-refractivity contribution in [1.82, 2.24) is 40.4 Å². The van der Waals surface area contributed by atoms with Crippen molar-refractivity contribution < 1.29 is 29.0 Å². The highest BCUT2D eigenvalue weighted by Gasteiger charge is 2.31. The summed E-state index contributed by atoms with van der Waals surface area (Å²) >= 11 is 6.40. The minimum atomic E-state index is -1.35. The van der Waals surface area contributed by atoms with Crippen LogP contribution in [0.3, 0.4) is 0 Å². The third-order valence-corrected chi connectivity index (χ3v) is 8.03. The number of nitrogens with zero attached hydrogens (tertiary/aromatic N) is 5. The van der Waals surface area contributed by atoms with Gasteiger partial charge in [-0.3, -0.25) is 23.9 Å². The Labute approximate surface area is 278 Å². The van der Waals surface area contributed by atoms with E-state index in [1.165, 1.54) is 19.1 Å². The molecule has 5 rings (SSSR count). The van der Waals surface area contributed by atoms with Crippen LogP contribution in [0.2, 0.25) is 5.02 Å². The maximum Gasteiger partial charge on any atom is 0.270 e. The molecule has 0 radical (unpaired) electrons. The molecule has 4 N–H and O–H groups in total. The van der Waals surface area contributed by atoms with Gasteiger partial charge in [0.05, 0.1) is 23.4 Å². The summed E-state index contributed by atoms with van der Waals surface area (Å²) in [6, 6.07) is 5.71. The molecule has 3 atom stereocenters. The van der Waals surface area contributed by atoms with Crippen molar-refractivity contribution in [2.45, 2.75) is 64.8 Å². The number of halogens is 1. The monoisotopic (exact) mass is 670 g/mol. The van der Waals surface area contributed by atoms with Gasteiger partial charge >= 0.3 is 0 Å². The number of rotatable bonds is 4. The number of aromatic nitrogens is 4. The van der Waals surface area contributed by atoms with Crippen LogP contribution in [-0.4, -0.2) is 97.6 Å². The number of nitrogens with one attached hydrogen (secondary N) is 3. The minimum absolute atomic E-state index is 0.0317. The molecule has 14 nitrogen and oxygen atoms in total. The number of aliphatic hydroxyl groups excluding tert-OH is 1. The van der Waals surface area contributed by atoms with Crippen LogP contribution < -0.4 is 20.7 Å². The zero-order chi connectivity index (χ0) is 34.1. The van der Waals surface area contributed by atoms with Crippen molar-refractivity contribution in [2.75, 3.05) is 26.2 Å². The molecule has 2 aliphatic heterocycles. The van der Waals surface area contributed by atoms with E-state index in [0.717, 1.165) is 0 Å². The Kier molecular flexibility index (Phi) is 12.4. The van der Waals surface area contributed by atoms with Gasteiger partial charge in [0.1, 0.15) is 23.5 Å². The van der Waals surface area contributed by atoms with Crippen molar-refractivity contribution >= 4 is 35.2 Å². The van der Waals surface area contributed by atoms with Gasteiger partial charge in [0.15, 0.2) is 0 Å². The highest BCUT2D eigenvalue weighted by Crippen LogP contribution is 2.26. The second-order valence-corrected chi connectivity index (χ2v) is 12.4. The summed E-state index contributed by atoms with van der Waals surface area (Å²) in [5.74, 6) is -1.59. The summed E-state index contributed by atoms with van der Waals surface area (Å²) in [5.41, 5.74) is 1.37. The number of carbonyl (C=O) groups is 4. The molecule has 0 spiro atoms. The summed E-state index contributed by atoms with van der Waals surface area (Å²) in [7, 11) is 1.79. The largest absolute Gasteiger partial charge is 0.492 e. The van der Waals surface area contributed by atoms with Gasteiger partial charge < -0.3 is 35.3 Å². The molecular formula is C32H43ClN8O6. The lowest BCUT2D eigenvalue weighted by molar-refractivity contribution is -0.131. The topological polar surface area (TPSA) is 173 Å². The van der Waals surface area contributed by atoms with Crippen LogP contribution in [0.15, 0.2) is 42.7 Å². The Morgan fingerprint density at radius 1 is 1.11 bits per heavy atom. The molecule has 1 aromatic carbocycles. The lowest BCUT2D eigenvalue weighted by atomic mass is 10.0. The Balaban J connectivity index is 1.58. The number of hydrogen-bond donors (Lipinski definition) is 4. The van der Waals surface area contributed by atoms with Gasteiger partial charge in [0.25, 0.3) is 11.8 Å². The van der Waals surface area contributed by atoms with E-state index in [2.05, 4.69) is 26.3 Å². The Morgan fingerprint density at radius 3 is 2.57 bits per heavy atom. The molecule has 3 aromatic rings. The fraction of sp³-hybridized carbons (Fsp3) is 0.500. The molecule has 4 amide bonds. The summed E-state index contributed by atoms with van der Waals surface area (Å²) in [6.45, 7) is 6.71. The highest BCUT2D eigenvalue weighted by molar-refractivity contribution is 6.32. The molecule has 47 heavy (non-hydrogen) atoms. The summed E-state index contributed by atoms with van der Waals surface area (Å²) in [6.07, 6.45) is 3.69. The number of ether oxygens (including phenoxy) is 1. The lowest BCUT2D eigenvalue weighted by Crippen LogP contribution is -2.57. The van der Waals surface area contributed by atoms with E-state index >= 15 is 0 Å². The van der Waals surface area contributed by atoms with Crippen LogP contribution in [0.25, 0.3) is 0 Å². The average molecular weight is 671 g/mol. The molecule has 4 heterocycles. The van der Waals surface area contributed by atoms with Gasteiger partial charge in [0.2, 0.25) is 11.8 Å². The maximum absolute atomic E-state index is 13.5. The summed E-state index contributed by atoms with van der Waals surface area (Å²) < 4.78 is 9.25. The van der Waals surface area contributed by atoms with E-state index < -0.39 is 35.9 Å². The van der Waals surface area contributed by atoms with E-state index in [-0.39, 0.29) is 35.5 Å². The third-order valence-electron chi connectivity index (χ3n) is 7.73. The van der Waals surface area contributed by atoms with Crippen LogP contribution in [0.1, 0.15) is 60.2 Å². The Morgan fingerprint density at radius 2 is 1.89 bits per heavy atom. The van der Waals surface area contributed by atoms with Crippen LogP contribution in [-0.2, 0) is 29.6 Å². The Hall–Kier alpha value is -4.43. The van der Waals surface area contributed by atoms with Crippen molar-refractivity contribution in [3.8, 4) is 5.75 Å². The third kappa shape index (κ3) is 9.78. The van der Waals surface area contributed by atoms with E-state index in [0.29, 0.717) is 56.1 Å². The molecule has 4 bridgehead atoms. The first-order chi connectivity index (χ1) is 22.4. The number of hydrogen-bond acceptors (Lipinski definition) is 8. The standard InChI is InChI=1S/C32H43ClN8O6/c1-20(2)17-25-30(44)34-11-15-40(32(46)26-7-5-12-39(26)4)14-10-23-19-41(38-37-23)13-6-16-47-27-9-8-22(18-24(27)33)29(43)36-28(21(3)42)31(45)35-25/h5,7-9,12,18-21,25,28,42H,6,10-11,13-17H2,1-4H3,(H,34,44)(H,35,45)(H,36,43)/t21-,25-,28+/m1/s1.